The monoisotopic (exact) mass is 250 g/mol. The predicted octanol–water partition coefficient (Wildman–Crippen LogP) is 2.24. The number of anilines is 2. The average molecular weight is 250 g/mol. The van der Waals surface area contributed by atoms with Gasteiger partial charge >= 0.3 is 0 Å². The second kappa shape index (κ2) is 5.33. The molecule has 0 radical (unpaired) electrons. The van der Waals surface area contributed by atoms with Crippen LogP contribution in [0.3, 0.4) is 0 Å². The van der Waals surface area contributed by atoms with Crippen LogP contribution in [0.2, 0.25) is 0 Å². The Morgan fingerprint density at radius 3 is 3.06 bits per heavy atom. The molecule has 0 spiro atoms. The Bertz CT molecular complexity index is 494. The summed E-state index contributed by atoms with van der Waals surface area (Å²) in [5.41, 5.74) is 10.5. The van der Waals surface area contributed by atoms with Gasteiger partial charge in [0.05, 0.1) is 21.6 Å². The largest absolute Gasteiger partial charge is 0.395 e. The molecule has 0 atom stereocenters. The fourth-order valence-corrected chi connectivity index (χ4v) is 2.34. The first-order valence-corrected chi connectivity index (χ1v) is 6.64. The molecule has 92 valence electrons. The van der Waals surface area contributed by atoms with E-state index in [-0.39, 0.29) is 0 Å². The second-order valence-corrected chi connectivity index (χ2v) is 4.93. The Morgan fingerprint density at radius 1 is 1.47 bits per heavy atom. The van der Waals surface area contributed by atoms with E-state index in [9.17, 15) is 0 Å². The minimum Gasteiger partial charge on any atom is -0.395 e. The first-order chi connectivity index (χ1) is 8.22. The average Bonchev–Trinajstić information content (AvgIpc) is 2.81. The van der Waals surface area contributed by atoms with Gasteiger partial charge in [0.25, 0.3) is 0 Å². The zero-order valence-electron chi connectivity index (χ0n) is 10.2. The van der Waals surface area contributed by atoms with Gasteiger partial charge in [-0.2, -0.15) is 0 Å². The van der Waals surface area contributed by atoms with E-state index in [1.807, 2.05) is 11.6 Å². The van der Waals surface area contributed by atoms with Crippen LogP contribution in [-0.4, -0.2) is 36.6 Å². The molecule has 0 fully saturated rings. The van der Waals surface area contributed by atoms with Crippen molar-refractivity contribution in [2.45, 2.75) is 6.92 Å². The van der Waals surface area contributed by atoms with Gasteiger partial charge in [-0.15, -0.1) is 11.3 Å². The van der Waals surface area contributed by atoms with E-state index in [1.165, 1.54) is 0 Å². The number of nitrogen functional groups attached to an aromatic ring is 1. The van der Waals surface area contributed by atoms with E-state index in [0.29, 0.717) is 0 Å². The van der Waals surface area contributed by atoms with Crippen LogP contribution in [0.15, 0.2) is 17.6 Å². The standard InChI is InChI=1S/C12H18N4S/c1-3-16(2)7-6-14-9-4-5-10-12(11(9)13)15-8-17-10/h4-5,8,14H,3,6-7,13H2,1-2H3. The summed E-state index contributed by atoms with van der Waals surface area (Å²) in [5.74, 6) is 0. The van der Waals surface area contributed by atoms with Gasteiger partial charge in [0.2, 0.25) is 0 Å². The molecule has 0 amide bonds. The lowest BCUT2D eigenvalue weighted by molar-refractivity contribution is 0.367. The third-order valence-electron chi connectivity index (χ3n) is 2.89. The molecule has 1 aromatic heterocycles. The van der Waals surface area contributed by atoms with Gasteiger partial charge in [-0.1, -0.05) is 6.92 Å². The molecule has 0 unspecified atom stereocenters. The molecule has 0 aliphatic heterocycles. The third-order valence-corrected chi connectivity index (χ3v) is 3.68. The maximum absolute atomic E-state index is 6.08. The van der Waals surface area contributed by atoms with Crippen molar-refractivity contribution in [3.63, 3.8) is 0 Å². The van der Waals surface area contributed by atoms with Crippen LogP contribution in [0.25, 0.3) is 10.2 Å². The maximum atomic E-state index is 6.08. The molecule has 0 saturated heterocycles. The van der Waals surface area contributed by atoms with Crippen molar-refractivity contribution < 1.29 is 0 Å². The van der Waals surface area contributed by atoms with Crippen LogP contribution in [-0.2, 0) is 0 Å². The summed E-state index contributed by atoms with van der Waals surface area (Å²) in [6, 6.07) is 4.09. The van der Waals surface area contributed by atoms with Crippen molar-refractivity contribution >= 4 is 32.9 Å². The SMILES string of the molecule is CCN(C)CCNc1ccc2scnc2c1N. The van der Waals surface area contributed by atoms with Gasteiger partial charge in [-0.05, 0) is 25.7 Å². The summed E-state index contributed by atoms with van der Waals surface area (Å²) in [6.07, 6.45) is 0. The van der Waals surface area contributed by atoms with E-state index in [1.54, 1.807) is 11.3 Å². The Labute approximate surface area is 105 Å². The molecular formula is C12H18N4S. The van der Waals surface area contributed by atoms with Gasteiger partial charge in [-0.25, -0.2) is 4.98 Å². The Morgan fingerprint density at radius 2 is 2.29 bits per heavy atom. The molecule has 17 heavy (non-hydrogen) atoms. The third kappa shape index (κ3) is 2.68. The fraction of sp³-hybridized carbons (Fsp3) is 0.417. The molecule has 0 aliphatic carbocycles. The molecule has 4 nitrogen and oxygen atoms in total. The zero-order valence-corrected chi connectivity index (χ0v) is 11.0. The highest BCUT2D eigenvalue weighted by Gasteiger charge is 2.06. The molecule has 5 heteroatoms. The highest BCUT2D eigenvalue weighted by molar-refractivity contribution is 7.16. The van der Waals surface area contributed by atoms with E-state index < -0.39 is 0 Å². The van der Waals surface area contributed by atoms with Crippen molar-refractivity contribution in [1.29, 1.82) is 0 Å². The first kappa shape index (κ1) is 12.1. The molecule has 2 rings (SSSR count). The van der Waals surface area contributed by atoms with Gasteiger partial charge in [0, 0.05) is 13.1 Å². The second-order valence-electron chi connectivity index (χ2n) is 4.05. The first-order valence-electron chi connectivity index (χ1n) is 5.76. The van der Waals surface area contributed by atoms with Crippen molar-refractivity contribution in [3.05, 3.63) is 17.6 Å². The fourth-order valence-electron chi connectivity index (χ4n) is 1.65. The van der Waals surface area contributed by atoms with Crippen LogP contribution in [0.5, 0.6) is 0 Å². The lowest BCUT2D eigenvalue weighted by atomic mass is 10.2. The molecule has 1 aromatic carbocycles. The number of likely N-dealkylation sites (N-methyl/N-ethyl adjacent to an activating group) is 1. The molecule has 2 aromatic rings. The number of aromatic nitrogens is 1. The number of fused-ring (bicyclic) bond motifs is 1. The summed E-state index contributed by atoms with van der Waals surface area (Å²) in [7, 11) is 2.11. The minimum atomic E-state index is 0.753. The highest BCUT2D eigenvalue weighted by atomic mass is 32.1. The van der Waals surface area contributed by atoms with Gasteiger partial charge in [0.1, 0.15) is 5.52 Å². The molecule has 0 aliphatic rings. The highest BCUT2D eigenvalue weighted by Crippen LogP contribution is 2.29. The van der Waals surface area contributed by atoms with Crippen LogP contribution in [0.4, 0.5) is 11.4 Å². The lowest BCUT2D eigenvalue weighted by Gasteiger charge is -2.15. The van der Waals surface area contributed by atoms with Crippen molar-refractivity contribution in [2.75, 3.05) is 37.7 Å². The summed E-state index contributed by atoms with van der Waals surface area (Å²) >= 11 is 1.62. The summed E-state index contributed by atoms with van der Waals surface area (Å²) < 4.78 is 1.14. The quantitative estimate of drug-likeness (QED) is 0.799. The number of hydrogen-bond acceptors (Lipinski definition) is 5. The number of thiazole rings is 1. The van der Waals surface area contributed by atoms with E-state index in [4.69, 9.17) is 5.73 Å². The Balaban J connectivity index is 2.05. The lowest BCUT2D eigenvalue weighted by Crippen LogP contribution is -2.24. The van der Waals surface area contributed by atoms with Crippen LogP contribution < -0.4 is 11.1 Å². The summed E-state index contributed by atoms with van der Waals surface area (Å²) in [4.78, 5) is 6.54. The number of benzene rings is 1. The molecule has 0 saturated carbocycles. The van der Waals surface area contributed by atoms with Crippen molar-refractivity contribution in [3.8, 4) is 0 Å². The number of nitrogens with zero attached hydrogens (tertiary/aromatic N) is 2. The molecule has 0 bridgehead atoms. The maximum Gasteiger partial charge on any atom is 0.106 e. The van der Waals surface area contributed by atoms with Crippen LogP contribution in [0.1, 0.15) is 6.92 Å². The number of nitrogens with one attached hydrogen (secondary N) is 1. The number of hydrogen-bond donors (Lipinski definition) is 2. The van der Waals surface area contributed by atoms with Gasteiger partial charge < -0.3 is 16.0 Å². The summed E-state index contributed by atoms with van der Waals surface area (Å²) in [6.45, 7) is 5.10. The molecular weight excluding hydrogens is 232 g/mol. The Kier molecular flexibility index (Phi) is 3.81. The van der Waals surface area contributed by atoms with Crippen molar-refractivity contribution in [2.24, 2.45) is 0 Å². The minimum absolute atomic E-state index is 0.753. The zero-order chi connectivity index (χ0) is 12.3. The van der Waals surface area contributed by atoms with Crippen molar-refractivity contribution in [1.82, 2.24) is 9.88 Å². The Hall–Kier alpha value is -1.33. The van der Waals surface area contributed by atoms with E-state index >= 15 is 0 Å². The smallest absolute Gasteiger partial charge is 0.106 e. The predicted molar refractivity (Wildman–Crippen MR) is 75.7 cm³/mol. The van der Waals surface area contributed by atoms with Crippen LogP contribution >= 0.6 is 11.3 Å². The molecule has 3 N–H and O–H groups in total. The van der Waals surface area contributed by atoms with Gasteiger partial charge in [0.15, 0.2) is 0 Å². The van der Waals surface area contributed by atoms with Gasteiger partial charge in [-0.3, -0.25) is 0 Å². The topological polar surface area (TPSA) is 54.2 Å². The number of rotatable bonds is 5. The van der Waals surface area contributed by atoms with Crippen LogP contribution in [0, 0.1) is 0 Å². The van der Waals surface area contributed by atoms with E-state index in [2.05, 4.69) is 35.2 Å². The molecule has 1 heterocycles. The van der Waals surface area contributed by atoms with E-state index in [0.717, 1.165) is 41.2 Å². The normalized spacial score (nSPS) is 11.2. The summed E-state index contributed by atoms with van der Waals surface area (Å²) in [5, 5.41) is 3.36. The number of nitrogens with two attached hydrogens (primary N) is 1.